The lowest BCUT2D eigenvalue weighted by atomic mass is 9.92. The molecular formula is C26H24ClNO2. The van der Waals surface area contributed by atoms with E-state index in [0.29, 0.717) is 17.1 Å². The smallest absolute Gasteiger partial charge is 0.290 e. The van der Waals surface area contributed by atoms with Gasteiger partial charge in [-0.05, 0) is 41.7 Å². The molecular weight excluding hydrogens is 394 g/mol. The van der Waals surface area contributed by atoms with Crippen molar-refractivity contribution in [1.82, 2.24) is 4.90 Å². The summed E-state index contributed by atoms with van der Waals surface area (Å²) in [5, 5.41) is 11.5. The minimum absolute atomic E-state index is 0.199. The van der Waals surface area contributed by atoms with Crippen molar-refractivity contribution in [3.05, 3.63) is 111 Å². The third kappa shape index (κ3) is 3.73. The minimum Gasteiger partial charge on any atom is -0.503 e. The molecule has 4 rings (SSSR count). The number of rotatable bonds is 5. The van der Waals surface area contributed by atoms with Crippen LogP contribution < -0.4 is 0 Å². The number of halogens is 1. The maximum Gasteiger partial charge on any atom is 0.290 e. The van der Waals surface area contributed by atoms with Crippen molar-refractivity contribution in [2.75, 3.05) is 0 Å². The molecule has 0 saturated carbocycles. The predicted octanol–water partition coefficient (Wildman–Crippen LogP) is 6.26. The van der Waals surface area contributed by atoms with Crippen LogP contribution in [0.15, 0.2) is 78.6 Å². The van der Waals surface area contributed by atoms with Gasteiger partial charge in [-0.2, -0.15) is 0 Å². The number of aryl methyl sites for hydroxylation is 2. The molecule has 0 unspecified atom stereocenters. The van der Waals surface area contributed by atoms with Crippen LogP contribution in [0.3, 0.4) is 0 Å². The van der Waals surface area contributed by atoms with E-state index >= 15 is 0 Å². The van der Waals surface area contributed by atoms with Crippen molar-refractivity contribution in [2.24, 2.45) is 0 Å². The van der Waals surface area contributed by atoms with Crippen LogP contribution in [0.1, 0.15) is 40.8 Å². The van der Waals surface area contributed by atoms with Gasteiger partial charge in [0.1, 0.15) is 0 Å². The second kappa shape index (κ2) is 8.37. The standard InChI is InChI=1S/C26H24ClNO2/c1-3-18-10-14-20(15-11-18)24-23(19-12-8-17(2)9-13-19)25(29)26(30)28(24)16-21-6-4-5-7-22(21)27/h4-15,24,29H,3,16H2,1-2H3/t24-/m0/s1. The molecule has 0 saturated heterocycles. The molecule has 0 bridgehead atoms. The van der Waals surface area contributed by atoms with Gasteiger partial charge in [0.05, 0.1) is 6.04 Å². The van der Waals surface area contributed by atoms with E-state index in [1.54, 1.807) is 4.90 Å². The highest BCUT2D eigenvalue weighted by Gasteiger charge is 2.41. The molecule has 1 heterocycles. The van der Waals surface area contributed by atoms with Gasteiger partial charge in [-0.3, -0.25) is 4.79 Å². The summed E-state index contributed by atoms with van der Waals surface area (Å²) in [6.45, 7) is 4.45. The number of carbonyl (C=O) groups is 1. The summed E-state index contributed by atoms with van der Waals surface area (Å²) in [5.74, 6) is -0.578. The van der Waals surface area contributed by atoms with Crippen LogP contribution in [-0.2, 0) is 17.8 Å². The largest absolute Gasteiger partial charge is 0.503 e. The molecule has 152 valence electrons. The summed E-state index contributed by atoms with van der Waals surface area (Å²) in [4.78, 5) is 14.9. The summed E-state index contributed by atoms with van der Waals surface area (Å²) in [5.41, 5.74) is 5.65. The molecule has 0 aliphatic carbocycles. The van der Waals surface area contributed by atoms with Gasteiger partial charge in [-0.15, -0.1) is 0 Å². The van der Waals surface area contributed by atoms with Gasteiger partial charge in [0.15, 0.2) is 5.76 Å². The zero-order valence-electron chi connectivity index (χ0n) is 17.1. The molecule has 0 spiro atoms. The van der Waals surface area contributed by atoms with Gasteiger partial charge < -0.3 is 10.0 Å². The number of benzene rings is 3. The Bertz CT molecular complexity index is 1100. The second-order valence-electron chi connectivity index (χ2n) is 7.65. The summed E-state index contributed by atoms with van der Waals surface area (Å²) < 4.78 is 0. The zero-order chi connectivity index (χ0) is 21.3. The Labute approximate surface area is 182 Å². The Morgan fingerprint density at radius 1 is 0.967 bits per heavy atom. The van der Waals surface area contributed by atoms with Crippen LogP contribution in [0.2, 0.25) is 5.02 Å². The highest BCUT2D eigenvalue weighted by molar-refractivity contribution is 6.31. The topological polar surface area (TPSA) is 40.5 Å². The maximum absolute atomic E-state index is 13.2. The molecule has 3 nitrogen and oxygen atoms in total. The van der Waals surface area contributed by atoms with E-state index in [-0.39, 0.29) is 17.7 Å². The first kappa shape index (κ1) is 20.2. The second-order valence-corrected chi connectivity index (χ2v) is 8.06. The molecule has 1 aliphatic rings. The van der Waals surface area contributed by atoms with E-state index in [1.807, 2.05) is 67.6 Å². The minimum atomic E-state index is -0.387. The van der Waals surface area contributed by atoms with Crippen LogP contribution in [0.4, 0.5) is 0 Å². The fourth-order valence-electron chi connectivity index (χ4n) is 3.94. The fourth-order valence-corrected chi connectivity index (χ4v) is 4.13. The van der Waals surface area contributed by atoms with Crippen molar-refractivity contribution in [1.29, 1.82) is 0 Å². The summed E-state index contributed by atoms with van der Waals surface area (Å²) in [6, 6.07) is 23.3. The van der Waals surface area contributed by atoms with Crippen LogP contribution >= 0.6 is 11.6 Å². The quantitative estimate of drug-likeness (QED) is 0.532. The van der Waals surface area contributed by atoms with E-state index in [9.17, 15) is 9.90 Å². The first-order valence-corrected chi connectivity index (χ1v) is 10.5. The number of hydrogen-bond acceptors (Lipinski definition) is 2. The molecule has 1 atom stereocenters. The molecule has 4 heteroatoms. The Morgan fingerprint density at radius 2 is 1.63 bits per heavy atom. The van der Waals surface area contributed by atoms with E-state index in [1.165, 1.54) is 5.56 Å². The first-order chi connectivity index (χ1) is 14.5. The van der Waals surface area contributed by atoms with Gasteiger partial charge in [0.2, 0.25) is 0 Å². The summed E-state index contributed by atoms with van der Waals surface area (Å²) in [7, 11) is 0. The van der Waals surface area contributed by atoms with Crippen LogP contribution in [-0.4, -0.2) is 15.9 Å². The van der Waals surface area contributed by atoms with E-state index in [2.05, 4.69) is 19.1 Å². The number of carbonyl (C=O) groups excluding carboxylic acids is 1. The lowest BCUT2D eigenvalue weighted by Gasteiger charge is -2.28. The molecule has 0 fully saturated rings. The van der Waals surface area contributed by atoms with E-state index < -0.39 is 0 Å². The first-order valence-electron chi connectivity index (χ1n) is 10.1. The predicted molar refractivity (Wildman–Crippen MR) is 121 cm³/mol. The number of nitrogens with zero attached hydrogens (tertiary/aromatic N) is 1. The molecule has 0 radical (unpaired) electrons. The summed E-state index contributed by atoms with van der Waals surface area (Å²) in [6.07, 6.45) is 0.944. The molecule has 1 aliphatic heterocycles. The van der Waals surface area contributed by atoms with Crippen molar-refractivity contribution in [3.8, 4) is 0 Å². The maximum atomic E-state index is 13.2. The van der Waals surface area contributed by atoms with Gasteiger partial charge in [-0.25, -0.2) is 0 Å². The van der Waals surface area contributed by atoms with Gasteiger partial charge in [0.25, 0.3) is 5.91 Å². The lowest BCUT2D eigenvalue weighted by Crippen LogP contribution is -2.30. The monoisotopic (exact) mass is 417 g/mol. The number of amides is 1. The van der Waals surface area contributed by atoms with Crippen molar-refractivity contribution in [2.45, 2.75) is 32.9 Å². The summed E-state index contributed by atoms with van der Waals surface area (Å²) >= 11 is 6.38. The Balaban J connectivity index is 1.82. The molecule has 3 aromatic rings. The van der Waals surface area contributed by atoms with Crippen LogP contribution in [0.25, 0.3) is 5.57 Å². The van der Waals surface area contributed by atoms with E-state index in [4.69, 9.17) is 11.6 Å². The molecule has 30 heavy (non-hydrogen) atoms. The van der Waals surface area contributed by atoms with Crippen molar-refractivity contribution < 1.29 is 9.90 Å². The van der Waals surface area contributed by atoms with Gasteiger partial charge >= 0.3 is 0 Å². The highest BCUT2D eigenvalue weighted by atomic mass is 35.5. The molecule has 1 N–H and O–H groups in total. The Hall–Kier alpha value is -3.04. The zero-order valence-corrected chi connectivity index (χ0v) is 17.9. The fraction of sp³-hybridized carbons (Fsp3) is 0.192. The Morgan fingerprint density at radius 3 is 2.27 bits per heavy atom. The molecule has 0 aromatic heterocycles. The van der Waals surface area contributed by atoms with Gasteiger partial charge in [0, 0.05) is 17.1 Å². The number of hydrogen-bond donors (Lipinski definition) is 1. The Kier molecular flexibility index (Phi) is 5.65. The third-order valence-electron chi connectivity index (χ3n) is 5.67. The number of aliphatic hydroxyl groups excluding tert-OH is 1. The van der Waals surface area contributed by atoms with E-state index in [0.717, 1.165) is 28.7 Å². The average Bonchev–Trinajstić information content (AvgIpc) is 3.01. The lowest BCUT2D eigenvalue weighted by molar-refractivity contribution is -0.130. The highest BCUT2D eigenvalue weighted by Crippen LogP contribution is 2.44. The molecule has 1 amide bonds. The van der Waals surface area contributed by atoms with Gasteiger partial charge in [-0.1, -0.05) is 90.8 Å². The third-order valence-corrected chi connectivity index (χ3v) is 6.04. The average molecular weight is 418 g/mol. The van der Waals surface area contributed by atoms with Crippen molar-refractivity contribution >= 4 is 23.1 Å². The van der Waals surface area contributed by atoms with Crippen molar-refractivity contribution in [3.63, 3.8) is 0 Å². The number of aliphatic hydroxyl groups is 1. The SMILES string of the molecule is CCc1ccc([C@H]2C(c3ccc(C)cc3)=C(O)C(=O)N2Cc2ccccc2Cl)cc1. The van der Waals surface area contributed by atoms with Crippen LogP contribution in [0.5, 0.6) is 0 Å². The van der Waals surface area contributed by atoms with Crippen LogP contribution in [0, 0.1) is 6.92 Å². The molecule has 3 aromatic carbocycles. The normalized spacial score (nSPS) is 16.4.